The lowest BCUT2D eigenvalue weighted by Gasteiger charge is -2.39. The summed E-state index contributed by atoms with van der Waals surface area (Å²) in [6.45, 7) is 1.57. The molecule has 1 aromatic carbocycles. The van der Waals surface area contributed by atoms with E-state index >= 15 is 0 Å². The van der Waals surface area contributed by atoms with E-state index in [1.807, 2.05) is 31.3 Å². The third-order valence-electron chi connectivity index (χ3n) is 4.38. The Morgan fingerprint density at radius 2 is 1.92 bits per heavy atom. The highest BCUT2D eigenvalue weighted by Gasteiger charge is 2.33. The molecular weight excluding hydrogens is 326 g/mol. The van der Waals surface area contributed by atoms with Gasteiger partial charge in [-0.2, -0.15) is 4.31 Å². The second-order valence-corrected chi connectivity index (χ2v) is 7.76. The minimum Gasteiger partial charge on any atom is -0.497 e. The largest absolute Gasteiger partial charge is 0.497 e. The van der Waals surface area contributed by atoms with Crippen molar-refractivity contribution in [3.8, 4) is 5.75 Å². The van der Waals surface area contributed by atoms with Gasteiger partial charge in [-0.05, 0) is 36.9 Å². The highest BCUT2D eigenvalue weighted by molar-refractivity contribution is 7.89. The van der Waals surface area contributed by atoms with Crippen molar-refractivity contribution in [2.75, 3.05) is 33.8 Å². The molecule has 7 heteroatoms. The molecule has 1 aliphatic heterocycles. The number of pyridine rings is 1. The standard InChI is InChI=1S/C17H21N3O3S/c1-19-10-11-20(24(21,22)16-4-3-9-18-12-16)13-17(19)14-5-7-15(23-2)8-6-14/h3-9,12,17H,10-11,13H2,1-2H3/t17-/m0/s1. The topological polar surface area (TPSA) is 62.7 Å². The van der Waals surface area contributed by atoms with Gasteiger partial charge in [0.2, 0.25) is 10.0 Å². The molecule has 2 heterocycles. The van der Waals surface area contributed by atoms with Crippen molar-refractivity contribution >= 4 is 10.0 Å². The number of ether oxygens (including phenoxy) is 1. The van der Waals surface area contributed by atoms with E-state index in [9.17, 15) is 8.42 Å². The molecule has 3 rings (SSSR count). The van der Waals surface area contributed by atoms with Gasteiger partial charge in [-0.3, -0.25) is 9.88 Å². The van der Waals surface area contributed by atoms with Gasteiger partial charge in [-0.25, -0.2) is 8.42 Å². The molecule has 0 aliphatic carbocycles. The second-order valence-electron chi connectivity index (χ2n) is 5.82. The summed E-state index contributed by atoms with van der Waals surface area (Å²) in [5.74, 6) is 0.789. The lowest BCUT2D eigenvalue weighted by atomic mass is 10.0. The van der Waals surface area contributed by atoms with Crippen molar-refractivity contribution in [2.45, 2.75) is 10.9 Å². The van der Waals surface area contributed by atoms with Crippen LogP contribution in [0.15, 0.2) is 53.7 Å². The summed E-state index contributed by atoms with van der Waals surface area (Å²) < 4.78 is 32.4. The fourth-order valence-electron chi connectivity index (χ4n) is 2.90. The molecule has 1 aliphatic rings. The third-order valence-corrected chi connectivity index (χ3v) is 6.23. The van der Waals surface area contributed by atoms with Crippen LogP contribution in [0.1, 0.15) is 11.6 Å². The monoisotopic (exact) mass is 347 g/mol. The van der Waals surface area contributed by atoms with E-state index in [2.05, 4.69) is 9.88 Å². The number of hydrogen-bond donors (Lipinski definition) is 0. The van der Waals surface area contributed by atoms with Crippen LogP contribution in [0.25, 0.3) is 0 Å². The second kappa shape index (κ2) is 6.88. The number of hydrogen-bond acceptors (Lipinski definition) is 5. The molecule has 2 aromatic rings. The van der Waals surface area contributed by atoms with E-state index in [1.165, 1.54) is 6.20 Å². The first kappa shape index (κ1) is 16.9. The number of benzene rings is 1. The van der Waals surface area contributed by atoms with E-state index in [4.69, 9.17) is 4.74 Å². The fraction of sp³-hybridized carbons (Fsp3) is 0.353. The average Bonchev–Trinajstić information content (AvgIpc) is 2.63. The van der Waals surface area contributed by atoms with Gasteiger partial charge in [0.1, 0.15) is 10.6 Å². The summed E-state index contributed by atoms with van der Waals surface area (Å²) >= 11 is 0. The zero-order chi connectivity index (χ0) is 17.2. The first-order valence-corrected chi connectivity index (χ1v) is 9.21. The van der Waals surface area contributed by atoms with Crippen molar-refractivity contribution in [2.24, 2.45) is 0 Å². The van der Waals surface area contributed by atoms with Crippen LogP contribution >= 0.6 is 0 Å². The smallest absolute Gasteiger partial charge is 0.244 e. The molecule has 128 valence electrons. The minimum atomic E-state index is -3.52. The molecule has 0 bridgehead atoms. The van der Waals surface area contributed by atoms with Gasteiger partial charge in [-0.1, -0.05) is 12.1 Å². The Morgan fingerprint density at radius 3 is 2.54 bits per heavy atom. The molecule has 0 spiro atoms. The number of methoxy groups -OCH3 is 1. The number of aromatic nitrogens is 1. The lowest BCUT2D eigenvalue weighted by molar-refractivity contribution is 0.148. The first-order chi connectivity index (χ1) is 11.5. The maximum Gasteiger partial charge on any atom is 0.244 e. The van der Waals surface area contributed by atoms with Gasteiger partial charge in [0.15, 0.2) is 0 Å². The van der Waals surface area contributed by atoms with E-state index in [-0.39, 0.29) is 10.9 Å². The number of piperazine rings is 1. The van der Waals surface area contributed by atoms with Gasteiger partial charge in [0.05, 0.1) is 7.11 Å². The predicted molar refractivity (Wildman–Crippen MR) is 91.4 cm³/mol. The highest BCUT2D eigenvalue weighted by atomic mass is 32.2. The van der Waals surface area contributed by atoms with Crippen molar-refractivity contribution in [3.05, 3.63) is 54.4 Å². The summed E-state index contributed by atoms with van der Waals surface area (Å²) in [4.78, 5) is 6.34. The molecule has 0 unspecified atom stereocenters. The lowest BCUT2D eigenvalue weighted by Crippen LogP contribution is -2.48. The Balaban J connectivity index is 1.85. The summed E-state index contributed by atoms with van der Waals surface area (Å²) in [5.41, 5.74) is 1.07. The van der Waals surface area contributed by atoms with Crippen molar-refractivity contribution in [3.63, 3.8) is 0 Å². The molecule has 1 saturated heterocycles. The first-order valence-electron chi connectivity index (χ1n) is 7.77. The van der Waals surface area contributed by atoms with Crippen LogP contribution in [0.5, 0.6) is 5.75 Å². The van der Waals surface area contributed by atoms with Crippen LogP contribution in [-0.2, 0) is 10.0 Å². The van der Waals surface area contributed by atoms with E-state index in [0.29, 0.717) is 19.6 Å². The van der Waals surface area contributed by atoms with Gasteiger partial charge in [-0.15, -0.1) is 0 Å². The molecule has 0 saturated carbocycles. The molecule has 1 aromatic heterocycles. The SMILES string of the molecule is COc1ccc([C@@H]2CN(S(=O)(=O)c3cccnc3)CCN2C)cc1. The Bertz CT molecular complexity index is 778. The third kappa shape index (κ3) is 3.28. The van der Waals surface area contributed by atoms with Crippen LogP contribution in [0, 0.1) is 0 Å². The molecule has 24 heavy (non-hydrogen) atoms. The molecular formula is C17H21N3O3S. The van der Waals surface area contributed by atoms with E-state index in [1.54, 1.807) is 29.7 Å². The molecule has 0 N–H and O–H groups in total. The van der Waals surface area contributed by atoms with Gasteiger partial charge >= 0.3 is 0 Å². The Morgan fingerprint density at radius 1 is 1.17 bits per heavy atom. The van der Waals surface area contributed by atoms with Gasteiger partial charge in [0, 0.05) is 38.1 Å². The van der Waals surface area contributed by atoms with Crippen LogP contribution in [0.4, 0.5) is 0 Å². The summed E-state index contributed by atoms with van der Waals surface area (Å²) in [5, 5.41) is 0. The van der Waals surface area contributed by atoms with E-state index in [0.717, 1.165) is 11.3 Å². The van der Waals surface area contributed by atoms with E-state index < -0.39 is 10.0 Å². The fourth-order valence-corrected chi connectivity index (χ4v) is 4.30. The summed E-state index contributed by atoms with van der Waals surface area (Å²) in [6.07, 6.45) is 2.97. The van der Waals surface area contributed by atoms with Crippen LogP contribution in [0.2, 0.25) is 0 Å². The number of nitrogens with zero attached hydrogens (tertiary/aromatic N) is 3. The molecule has 6 nitrogen and oxygen atoms in total. The number of sulfonamides is 1. The quantitative estimate of drug-likeness (QED) is 0.843. The maximum atomic E-state index is 12.8. The average molecular weight is 347 g/mol. The van der Waals surface area contributed by atoms with Gasteiger partial charge < -0.3 is 4.74 Å². The van der Waals surface area contributed by atoms with Crippen molar-refractivity contribution in [1.82, 2.24) is 14.2 Å². The Kier molecular flexibility index (Phi) is 4.84. The number of rotatable bonds is 4. The molecule has 1 atom stereocenters. The normalized spacial score (nSPS) is 20.0. The number of likely N-dealkylation sites (N-methyl/N-ethyl adjacent to an activating group) is 1. The highest BCUT2D eigenvalue weighted by Crippen LogP contribution is 2.28. The maximum absolute atomic E-state index is 12.8. The van der Waals surface area contributed by atoms with Crippen LogP contribution in [0.3, 0.4) is 0 Å². The summed E-state index contributed by atoms with van der Waals surface area (Å²) in [7, 11) is 0.126. The molecule has 0 amide bonds. The predicted octanol–water partition coefficient (Wildman–Crippen LogP) is 1.77. The molecule has 0 radical (unpaired) electrons. The van der Waals surface area contributed by atoms with Gasteiger partial charge in [0.25, 0.3) is 0 Å². The Hall–Kier alpha value is -1.96. The Labute approximate surface area is 142 Å². The van der Waals surface area contributed by atoms with Crippen LogP contribution in [-0.4, -0.2) is 56.4 Å². The minimum absolute atomic E-state index is 0.0103. The molecule has 1 fully saturated rings. The zero-order valence-electron chi connectivity index (χ0n) is 13.8. The summed E-state index contributed by atoms with van der Waals surface area (Å²) in [6, 6.07) is 11.0. The zero-order valence-corrected chi connectivity index (χ0v) is 14.6. The van der Waals surface area contributed by atoms with Crippen molar-refractivity contribution < 1.29 is 13.2 Å². The van der Waals surface area contributed by atoms with Crippen LogP contribution < -0.4 is 4.74 Å². The van der Waals surface area contributed by atoms with Crippen molar-refractivity contribution in [1.29, 1.82) is 0 Å².